The minimum atomic E-state index is 0.460. The second kappa shape index (κ2) is 6.33. The molecule has 1 N–H and O–H groups in total. The largest absolute Gasteiger partial charge is 0.314 e. The monoisotopic (exact) mass is 254 g/mol. The zero-order chi connectivity index (χ0) is 13.0. The van der Waals surface area contributed by atoms with E-state index in [2.05, 4.69) is 41.2 Å². The van der Waals surface area contributed by atoms with Crippen molar-refractivity contribution in [2.24, 2.45) is 0 Å². The molecule has 1 saturated carbocycles. The van der Waals surface area contributed by atoms with E-state index in [1.807, 2.05) is 0 Å². The molecule has 0 aromatic rings. The summed E-state index contributed by atoms with van der Waals surface area (Å²) in [7, 11) is 6.66. The number of hydrogen-bond acceptors (Lipinski definition) is 4. The molecule has 0 bridgehead atoms. The molecule has 4 nitrogen and oxygen atoms in total. The van der Waals surface area contributed by atoms with E-state index in [1.165, 1.54) is 52.0 Å². The molecule has 2 fully saturated rings. The van der Waals surface area contributed by atoms with Gasteiger partial charge >= 0.3 is 0 Å². The van der Waals surface area contributed by atoms with Crippen LogP contribution in [0.3, 0.4) is 0 Å². The summed E-state index contributed by atoms with van der Waals surface area (Å²) in [5.41, 5.74) is 0.460. The van der Waals surface area contributed by atoms with E-state index >= 15 is 0 Å². The molecule has 0 aromatic heterocycles. The van der Waals surface area contributed by atoms with Gasteiger partial charge in [-0.3, -0.25) is 4.90 Å². The van der Waals surface area contributed by atoms with Gasteiger partial charge < -0.3 is 15.1 Å². The van der Waals surface area contributed by atoms with Crippen molar-refractivity contribution in [3.05, 3.63) is 0 Å². The molecule has 2 aliphatic rings. The van der Waals surface area contributed by atoms with Crippen molar-refractivity contribution in [1.29, 1.82) is 0 Å². The highest BCUT2D eigenvalue weighted by Gasteiger charge is 2.38. The summed E-state index contributed by atoms with van der Waals surface area (Å²) in [5, 5.41) is 3.67. The number of likely N-dealkylation sites (N-methyl/N-ethyl adjacent to an activating group) is 2. The lowest BCUT2D eigenvalue weighted by Crippen LogP contribution is -2.57. The van der Waals surface area contributed by atoms with Gasteiger partial charge in [0.25, 0.3) is 0 Å². The van der Waals surface area contributed by atoms with E-state index in [1.54, 1.807) is 0 Å². The zero-order valence-corrected chi connectivity index (χ0v) is 12.4. The molecule has 106 valence electrons. The summed E-state index contributed by atoms with van der Waals surface area (Å²) < 4.78 is 0. The first-order valence-corrected chi connectivity index (χ1v) is 7.41. The van der Waals surface area contributed by atoms with Gasteiger partial charge in [0.1, 0.15) is 0 Å². The van der Waals surface area contributed by atoms with E-state index in [0.29, 0.717) is 5.54 Å². The summed E-state index contributed by atoms with van der Waals surface area (Å²) in [6.07, 6.45) is 4.13. The Morgan fingerprint density at radius 3 is 2.28 bits per heavy atom. The van der Waals surface area contributed by atoms with Crippen molar-refractivity contribution in [3.63, 3.8) is 0 Å². The maximum absolute atomic E-state index is 3.67. The Labute approximate surface area is 112 Å². The van der Waals surface area contributed by atoms with E-state index < -0.39 is 0 Å². The predicted molar refractivity (Wildman–Crippen MR) is 77.1 cm³/mol. The van der Waals surface area contributed by atoms with Gasteiger partial charge in [0, 0.05) is 51.4 Å². The van der Waals surface area contributed by atoms with Crippen molar-refractivity contribution < 1.29 is 0 Å². The molecule has 18 heavy (non-hydrogen) atoms. The Kier molecular flexibility index (Phi) is 5.01. The molecule has 1 heterocycles. The maximum Gasteiger partial charge on any atom is 0.0327 e. The topological polar surface area (TPSA) is 21.8 Å². The zero-order valence-electron chi connectivity index (χ0n) is 12.4. The van der Waals surface area contributed by atoms with Crippen molar-refractivity contribution in [3.8, 4) is 0 Å². The van der Waals surface area contributed by atoms with E-state index in [0.717, 1.165) is 13.1 Å². The average Bonchev–Trinajstić information content (AvgIpc) is 2.29. The van der Waals surface area contributed by atoms with Crippen LogP contribution in [-0.4, -0.2) is 87.2 Å². The third kappa shape index (κ3) is 3.44. The first-order chi connectivity index (χ1) is 8.62. The minimum absolute atomic E-state index is 0.460. The highest BCUT2D eigenvalue weighted by atomic mass is 15.3. The van der Waals surface area contributed by atoms with Gasteiger partial charge in [-0.05, 0) is 40.4 Å². The number of hydrogen-bond donors (Lipinski definition) is 1. The summed E-state index contributed by atoms with van der Waals surface area (Å²) >= 11 is 0. The maximum atomic E-state index is 3.67. The molecular weight excluding hydrogens is 224 g/mol. The van der Waals surface area contributed by atoms with Gasteiger partial charge in [-0.1, -0.05) is 0 Å². The van der Waals surface area contributed by atoms with Crippen LogP contribution in [0.2, 0.25) is 0 Å². The van der Waals surface area contributed by atoms with E-state index in [-0.39, 0.29) is 0 Å². The van der Waals surface area contributed by atoms with Gasteiger partial charge in [0.15, 0.2) is 0 Å². The fourth-order valence-electron chi connectivity index (χ4n) is 3.00. The van der Waals surface area contributed by atoms with Gasteiger partial charge in [0.2, 0.25) is 0 Å². The Morgan fingerprint density at radius 1 is 1.11 bits per heavy atom. The molecule has 2 rings (SSSR count). The lowest BCUT2D eigenvalue weighted by molar-refractivity contribution is 0.0589. The lowest BCUT2D eigenvalue weighted by atomic mass is 9.75. The number of piperazine rings is 1. The molecule has 0 aromatic carbocycles. The Hall–Kier alpha value is -0.160. The highest BCUT2D eigenvalue weighted by Crippen LogP contribution is 2.35. The van der Waals surface area contributed by atoms with Crippen molar-refractivity contribution in [2.45, 2.75) is 24.8 Å². The van der Waals surface area contributed by atoms with Crippen molar-refractivity contribution in [1.82, 2.24) is 20.0 Å². The average molecular weight is 254 g/mol. The molecule has 1 aliphatic carbocycles. The normalized spacial score (nSPS) is 25.3. The van der Waals surface area contributed by atoms with Crippen molar-refractivity contribution >= 4 is 0 Å². The third-order valence-corrected chi connectivity index (χ3v) is 4.89. The van der Waals surface area contributed by atoms with Gasteiger partial charge in [-0.15, -0.1) is 0 Å². The van der Waals surface area contributed by atoms with Crippen LogP contribution in [0.25, 0.3) is 0 Å². The van der Waals surface area contributed by atoms with Crippen LogP contribution < -0.4 is 5.32 Å². The summed E-state index contributed by atoms with van der Waals surface area (Å²) in [6, 6.07) is 0. The molecule has 0 radical (unpaired) electrons. The van der Waals surface area contributed by atoms with Crippen molar-refractivity contribution in [2.75, 3.05) is 67.0 Å². The first kappa shape index (κ1) is 14.3. The Bertz CT molecular complexity index is 242. The van der Waals surface area contributed by atoms with Crippen LogP contribution in [0.1, 0.15) is 19.3 Å². The fraction of sp³-hybridized carbons (Fsp3) is 1.00. The molecule has 0 atom stereocenters. The fourth-order valence-corrected chi connectivity index (χ4v) is 3.00. The molecular formula is C14H30N4. The first-order valence-electron chi connectivity index (χ1n) is 7.41. The number of nitrogens with zero attached hydrogens (tertiary/aromatic N) is 3. The van der Waals surface area contributed by atoms with Gasteiger partial charge in [0.05, 0.1) is 0 Å². The third-order valence-electron chi connectivity index (χ3n) is 4.89. The van der Waals surface area contributed by atoms with Crippen LogP contribution in [0.15, 0.2) is 0 Å². The number of rotatable bonds is 6. The molecule has 0 spiro atoms. The molecule has 0 amide bonds. The predicted octanol–water partition coefficient (Wildman–Crippen LogP) is 0.308. The van der Waals surface area contributed by atoms with E-state index in [9.17, 15) is 0 Å². The Morgan fingerprint density at radius 2 is 1.78 bits per heavy atom. The standard InChI is InChI=1S/C14H30N4/c1-16(2)14(5-4-6-14)13-15-7-8-18-11-9-17(3)10-12-18/h15H,4-13H2,1-3H3. The quantitative estimate of drug-likeness (QED) is 0.689. The molecule has 0 unspecified atom stereocenters. The van der Waals surface area contributed by atoms with Crippen LogP contribution >= 0.6 is 0 Å². The minimum Gasteiger partial charge on any atom is -0.314 e. The molecule has 1 aliphatic heterocycles. The highest BCUT2D eigenvalue weighted by molar-refractivity contribution is 4.97. The summed E-state index contributed by atoms with van der Waals surface area (Å²) in [6.45, 7) is 8.42. The number of nitrogens with one attached hydrogen (secondary N) is 1. The second-order valence-electron chi connectivity index (χ2n) is 6.29. The lowest BCUT2D eigenvalue weighted by Gasteiger charge is -2.47. The summed E-state index contributed by atoms with van der Waals surface area (Å²) in [5.74, 6) is 0. The molecule has 4 heteroatoms. The van der Waals surface area contributed by atoms with E-state index in [4.69, 9.17) is 0 Å². The van der Waals surface area contributed by atoms with Gasteiger partial charge in [-0.25, -0.2) is 0 Å². The summed E-state index contributed by atoms with van der Waals surface area (Å²) in [4.78, 5) is 7.41. The Balaban J connectivity index is 1.58. The van der Waals surface area contributed by atoms with Crippen LogP contribution in [0.4, 0.5) is 0 Å². The van der Waals surface area contributed by atoms with Crippen LogP contribution in [0, 0.1) is 0 Å². The second-order valence-corrected chi connectivity index (χ2v) is 6.29. The van der Waals surface area contributed by atoms with Crippen LogP contribution in [0.5, 0.6) is 0 Å². The smallest absolute Gasteiger partial charge is 0.0327 e. The van der Waals surface area contributed by atoms with Gasteiger partial charge in [-0.2, -0.15) is 0 Å². The van der Waals surface area contributed by atoms with Crippen LogP contribution in [-0.2, 0) is 0 Å². The molecule has 1 saturated heterocycles. The SMILES string of the molecule is CN1CCN(CCNCC2(N(C)C)CCC2)CC1.